The van der Waals surface area contributed by atoms with E-state index in [2.05, 4.69) is 0 Å². The molecule has 1 heterocycles. The Kier molecular flexibility index (Phi) is 6.70. The Morgan fingerprint density at radius 2 is 1.88 bits per heavy atom. The van der Waals surface area contributed by atoms with Crippen LogP contribution < -0.4 is 9.47 Å². The number of hydrogen-bond acceptors (Lipinski definition) is 5. The van der Waals surface area contributed by atoms with Crippen molar-refractivity contribution < 1.29 is 23.8 Å². The van der Waals surface area contributed by atoms with Crippen molar-refractivity contribution >= 4 is 29.6 Å². The lowest BCUT2D eigenvalue weighted by Crippen LogP contribution is -2.37. The Labute approximate surface area is 152 Å². The summed E-state index contributed by atoms with van der Waals surface area (Å²) in [5, 5.41) is 0.368. The first-order chi connectivity index (χ1) is 12.0. The van der Waals surface area contributed by atoms with Gasteiger partial charge in [-0.3, -0.25) is 4.79 Å². The Hall–Kier alpha value is -2.21. The summed E-state index contributed by atoms with van der Waals surface area (Å²) in [5.41, 5.74) is 0.651. The third-order valence-electron chi connectivity index (χ3n) is 3.93. The summed E-state index contributed by atoms with van der Waals surface area (Å²) < 4.78 is 15.5. The zero-order valence-electron chi connectivity index (χ0n) is 14.6. The van der Waals surface area contributed by atoms with E-state index in [0.29, 0.717) is 22.1 Å². The number of rotatable bonds is 6. The van der Waals surface area contributed by atoms with Gasteiger partial charge in [-0.1, -0.05) is 11.6 Å². The van der Waals surface area contributed by atoms with Crippen LogP contribution in [0.1, 0.15) is 25.3 Å². The molecule has 1 aliphatic heterocycles. The summed E-state index contributed by atoms with van der Waals surface area (Å²) in [4.78, 5) is 25.8. The molecule has 0 spiro atoms. The van der Waals surface area contributed by atoms with Gasteiger partial charge in [-0.25, -0.2) is 4.79 Å². The molecule has 1 saturated heterocycles. The quantitative estimate of drug-likeness (QED) is 0.571. The van der Waals surface area contributed by atoms with E-state index in [0.717, 1.165) is 25.9 Å². The van der Waals surface area contributed by atoms with Gasteiger partial charge in [-0.15, -0.1) is 0 Å². The van der Waals surface area contributed by atoms with Crippen LogP contribution in [-0.2, 0) is 14.3 Å². The van der Waals surface area contributed by atoms with Gasteiger partial charge < -0.3 is 19.1 Å². The fourth-order valence-electron chi connectivity index (χ4n) is 2.66. The second-order valence-corrected chi connectivity index (χ2v) is 6.09. The minimum Gasteiger partial charge on any atom is -0.493 e. The van der Waals surface area contributed by atoms with Gasteiger partial charge in [0.1, 0.15) is 0 Å². The van der Waals surface area contributed by atoms with E-state index in [9.17, 15) is 9.59 Å². The van der Waals surface area contributed by atoms with Gasteiger partial charge in [-0.05, 0) is 43.5 Å². The molecule has 136 valence electrons. The van der Waals surface area contributed by atoms with Crippen LogP contribution in [0.5, 0.6) is 11.5 Å². The lowest BCUT2D eigenvalue weighted by Gasteiger charge is -2.19. The smallest absolute Gasteiger partial charge is 0.331 e. The molecule has 0 saturated carbocycles. The van der Waals surface area contributed by atoms with E-state index in [1.54, 1.807) is 30.0 Å². The van der Waals surface area contributed by atoms with Crippen LogP contribution >= 0.6 is 11.6 Å². The monoisotopic (exact) mass is 367 g/mol. The maximum Gasteiger partial charge on any atom is 0.331 e. The topological polar surface area (TPSA) is 65.1 Å². The van der Waals surface area contributed by atoms with Crippen molar-refractivity contribution in [3.8, 4) is 11.5 Å². The molecule has 1 aromatic rings. The highest BCUT2D eigenvalue weighted by Crippen LogP contribution is 2.36. The molecule has 0 bridgehead atoms. The van der Waals surface area contributed by atoms with Crippen molar-refractivity contribution in [3.05, 3.63) is 28.8 Å². The fraction of sp³-hybridized carbons (Fsp3) is 0.444. The summed E-state index contributed by atoms with van der Waals surface area (Å²) in [6.45, 7) is 3.03. The number of esters is 1. The number of nitrogens with zero attached hydrogens (tertiary/aromatic N) is 1. The van der Waals surface area contributed by atoms with Crippen LogP contribution in [0.3, 0.4) is 0 Å². The average molecular weight is 368 g/mol. The number of ether oxygens (including phenoxy) is 3. The van der Waals surface area contributed by atoms with Gasteiger partial charge in [0.2, 0.25) is 0 Å². The number of halogens is 1. The molecule has 6 nitrogen and oxygen atoms in total. The highest BCUT2D eigenvalue weighted by molar-refractivity contribution is 6.32. The molecule has 7 heteroatoms. The van der Waals surface area contributed by atoms with E-state index in [-0.39, 0.29) is 5.91 Å². The van der Waals surface area contributed by atoms with Crippen molar-refractivity contribution in [3.63, 3.8) is 0 Å². The number of carbonyl (C=O) groups excluding carboxylic acids is 2. The van der Waals surface area contributed by atoms with Crippen molar-refractivity contribution in [2.45, 2.75) is 25.9 Å². The van der Waals surface area contributed by atoms with Crippen LogP contribution in [0.2, 0.25) is 5.02 Å². The minimum absolute atomic E-state index is 0.159. The molecular weight excluding hydrogens is 346 g/mol. The number of methoxy groups -OCH3 is 2. The summed E-state index contributed by atoms with van der Waals surface area (Å²) in [6.07, 6.45) is 3.98. The van der Waals surface area contributed by atoms with Gasteiger partial charge in [0.25, 0.3) is 5.91 Å². The Bertz CT molecular complexity index is 668. The summed E-state index contributed by atoms with van der Waals surface area (Å²) in [6, 6.07) is 3.33. The maximum absolute atomic E-state index is 12.1. The van der Waals surface area contributed by atoms with Gasteiger partial charge in [0.15, 0.2) is 17.6 Å². The van der Waals surface area contributed by atoms with E-state index < -0.39 is 12.1 Å². The third-order valence-corrected chi connectivity index (χ3v) is 4.21. The van der Waals surface area contributed by atoms with E-state index >= 15 is 0 Å². The molecule has 1 amide bonds. The van der Waals surface area contributed by atoms with E-state index in [4.69, 9.17) is 25.8 Å². The molecule has 0 radical (unpaired) electrons. The number of likely N-dealkylation sites (tertiary alicyclic amines) is 1. The van der Waals surface area contributed by atoms with Crippen molar-refractivity contribution in [2.75, 3.05) is 27.3 Å². The Morgan fingerprint density at radius 3 is 2.48 bits per heavy atom. The summed E-state index contributed by atoms with van der Waals surface area (Å²) in [5.74, 6) is 0.133. The normalized spacial score (nSPS) is 15.3. The molecule has 1 aliphatic rings. The molecule has 25 heavy (non-hydrogen) atoms. The second kappa shape index (κ2) is 8.76. The van der Waals surface area contributed by atoms with Crippen LogP contribution in [0, 0.1) is 0 Å². The number of hydrogen-bond donors (Lipinski definition) is 0. The number of benzene rings is 1. The molecule has 1 atom stereocenters. The van der Waals surface area contributed by atoms with Crippen molar-refractivity contribution in [1.29, 1.82) is 0 Å². The first-order valence-electron chi connectivity index (χ1n) is 8.05. The van der Waals surface area contributed by atoms with Crippen LogP contribution in [0.25, 0.3) is 6.08 Å². The molecule has 1 aromatic carbocycles. The predicted molar refractivity (Wildman–Crippen MR) is 95.0 cm³/mol. The van der Waals surface area contributed by atoms with Crippen molar-refractivity contribution in [2.24, 2.45) is 0 Å². The SMILES string of the molecule is COc1cc(/C=C/C(=O)O[C@H](C)C(=O)N2CCCC2)cc(Cl)c1OC. The summed E-state index contributed by atoms with van der Waals surface area (Å²) in [7, 11) is 3.00. The number of amides is 1. The van der Waals surface area contributed by atoms with Crippen LogP contribution in [-0.4, -0.2) is 50.2 Å². The molecule has 0 aromatic heterocycles. The first-order valence-corrected chi connectivity index (χ1v) is 8.43. The molecular formula is C18H22ClNO5. The molecule has 1 fully saturated rings. The Morgan fingerprint density at radius 1 is 1.20 bits per heavy atom. The predicted octanol–water partition coefficient (Wildman–Crippen LogP) is 2.92. The zero-order valence-corrected chi connectivity index (χ0v) is 15.3. The maximum atomic E-state index is 12.1. The fourth-order valence-corrected chi connectivity index (χ4v) is 2.95. The first kappa shape index (κ1) is 19.1. The van der Waals surface area contributed by atoms with Crippen LogP contribution in [0.4, 0.5) is 0 Å². The van der Waals surface area contributed by atoms with Gasteiger partial charge in [0, 0.05) is 19.2 Å². The highest BCUT2D eigenvalue weighted by atomic mass is 35.5. The largest absolute Gasteiger partial charge is 0.493 e. The molecule has 0 aliphatic carbocycles. The number of carbonyl (C=O) groups is 2. The Balaban J connectivity index is 2.00. The van der Waals surface area contributed by atoms with Gasteiger partial charge >= 0.3 is 5.97 Å². The van der Waals surface area contributed by atoms with Crippen LogP contribution in [0.15, 0.2) is 18.2 Å². The highest BCUT2D eigenvalue weighted by Gasteiger charge is 2.25. The van der Waals surface area contributed by atoms with E-state index in [1.807, 2.05) is 0 Å². The van der Waals surface area contributed by atoms with Gasteiger partial charge in [-0.2, -0.15) is 0 Å². The van der Waals surface area contributed by atoms with Gasteiger partial charge in [0.05, 0.1) is 19.2 Å². The van der Waals surface area contributed by atoms with Crippen molar-refractivity contribution in [1.82, 2.24) is 4.90 Å². The molecule has 0 N–H and O–H groups in total. The standard InChI is InChI=1S/C18H22ClNO5/c1-12(18(22)20-8-4-5-9-20)25-16(21)7-6-13-10-14(19)17(24-3)15(11-13)23-2/h6-7,10-12H,4-5,8-9H2,1-3H3/b7-6+/t12-/m1/s1. The zero-order chi connectivity index (χ0) is 18.4. The lowest BCUT2D eigenvalue weighted by atomic mass is 10.2. The third kappa shape index (κ3) is 4.89. The molecule has 0 unspecified atom stereocenters. The lowest BCUT2D eigenvalue weighted by molar-refractivity contribution is -0.154. The summed E-state index contributed by atoms with van der Waals surface area (Å²) >= 11 is 6.12. The van der Waals surface area contributed by atoms with E-state index in [1.165, 1.54) is 20.3 Å². The average Bonchev–Trinajstić information content (AvgIpc) is 3.13. The molecule has 2 rings (SSSR count). The minimum atomic E-state index is -0.802. The second-order valence-electron chi connectivity index (χ2n) is 5.68.